The van der Waals surface area contributed by atoms with Crippen LogP contribution in [0.5, 0.6) is 5.75 Å². The molecule has 0 atom stereocenters. The van der Waals surface area contributed by atoms with Crippen LogP contribution in [0.1, 0.15) is 5.56 Å². The molecule has 0 aliphatic rings. The highest BCUT2D eigenvalue weighted by atomic mass is 32.1. The van der Waals surface area contributed by atoms with Crippen LogP contribution in [-0.4, -0.2) is 28.8 Å². The first-order valence-corrected chi connectivity index (χ1v) is 8.81. The van der Waals surface area contributed by atoms with Crippen LogP contribution in [0.3, 0.4) is 0 Å². The Balaban J connectivity index is 1.48. The highest BCUT2D eigenvalue weighted by Crippen LogP contribution is 2.21. The van der Waals surface area contributed by atoms with E-state index < -0.39 is 12.4 Å². The van der Waals surface area contributed by atoms with Gasteiger partial charge >= 0.3 is 12.4 Å². The van der Waals surface area contributed by atoms with Crippen LogP contribution in [0.15, 0.2) is 51.0 Å². The Bertz CT molecular complexity index is 936. The van der Waals surface area contributed by atoms with Crippen molar-refractivity contribution >= 4 is 17.2 Å². The molecule has 0 saturated heterocycles. The number of ether oxygens (including phenoxy) is 1. The van der Waals surface area contributed by atoms with E-state index >= 15 is 0 Å². The minimum atomic E-state index is -2.87. The number of halogens is 2. The summed E-state index contributed by atoms with van der Waals surface area (Å²) in [4.78, 5) is 24.4. The summed E-state index contributed by atoms with van der Waals surface area (Å²) in [5.41, 5.74) is 0.843. The third-order valence-electron chi connectivity index (χ3n) is 3.52. The normalized spacial score (nSPS) is 10.9. The Kier molecular flexibility index (Phi) is 5.97. The van der Waals surface area contributed by atoms with Gasteiger partial charge in [-0.3, -0.25) is 4.79 Å². The van der Waals surface area contributed by atoms with Crippen molar-refractivity contribution in [1.82, 2.24) is 15.1 Å². The molecule has 1 N–H and O–H groups in total. The average molecular weight is 395 g/mol. The van der Waals surface area contributed by atoms with Gasteiger partial charge < -0.3 is 14.5 Å². The minimum Gasteiger partial charge on any atom is -0.435 e. The highest BCUT2D eigenvalue weighted by Gasteiger charge is 2.13. The second kappa shape index (κ2) is 8.58. The molecule has 1 aromatic carbocycles. The summed E-state index contributed by atoms with van der Waals surface area (Å²) in [6.07, 6.45) is 0.495. The maximum absolute atomic E-state index is 12.1. The van der Waals surface area contributed by atoms with E-state index in [1.807, 2.05) is 5.38 Å². The fourth-order valence-corrected chi connectivity index (χ4v) is 2.93. The first-order valence-electron chi connectivity index (χ1n) is 7.93. The molecule has 10 heteroatoms. The van der Waals surface area contributed by atoms with Crippen molar-refractivity contribution in [3.05, 3.63) is 57.9 Å². The molecular weight excluding hydrogens is 380 g/mol. The zero-order valence-corrected chi connectivity index (χ0v) is 14.7. The zero-order chi connectivity index (χ0) is 19.2. The quantitative estimate of drug-likeness (QED) is 0.633. The van der Waals surface area contributed by atoms with Crippen LogP contribution < -0.4 is 15.8 Å². The molecule has 0 saturated carbocycles. The van der Waals surface area contributed by atoms with E-state index in [9.17, 15) is 18.4 Å². The minimum absolute atomic E-state index is 0.0738. The van der Waals surface area contributed by atoms with E-state index in [-0.39, 0.29) is 24.1 Å². The van der Waals surface area contributed by atoms with Crippen LogP contribution in [0, 0.1) is 0 Å². The van der Waals surface area contributed by atoms with Gasteiger partial charge in [0, 0.05) is 6.54 Å². The number of benzene rings is 1. The molecule has 0 aliphatic carbocycles. The third kappa shape index (κ3) is 5.23. The zero-order valence-electron chi connectivity index (χ0n) is 13.9. The summed E-state index contributed by atoms with van der Waals surface area (Å²) >= 11 is 1.37. The summed E-state index contributed by atoms with van der Waals surface area (Å²) in [6.45, 7) is -2.80. The Morgan fingerprint density at radius 1 is 1.30 bits per heavy atom. The summed E-state index contributed by atoms with van der Waals surface area (Å²) in [5.74, 6) is -0.845. The van der Waals surface area contributed by atoms with E-state index in [1.165, 1.54) is 23.5 Å². The monoisotopic (exact) mass is 395 g/mol. The number of thiophene rings is 1. The number of alkyl halides is 2. The lowest BCUT2D eigenvalue weighted by atomic mass is 10.1. The number of amides is 1. The Labute approximate surface area is 156 Å². The lowest BCUT2D eigenvalue weighted by molar-refractivity contribution is -0.121. The van der Waals surface area contributed by atoms with Gasteiger partial charge in [-0.2, -0.15) is 13.5 Å². The number of carbonyl (C=O) groups excluding carboxylic acids is 1. The van der Waals surface area contributed by atoms with Gasteiger partial charge in [-0.25, -0.2) is 4.79 Å². The van der Waals surface area contributed by atoms with Crippen molar-refractivity contribution in [2.24, 2.45) is 0 Å². The predicted molar refractivity (Wildman–Crippen MR) is 93.9 cm³/mol. The molecule has 0 aliphatic heterocycles. The first kappa shape index (κ1) is 18.8. The largest absolute Gasteiger partial charge is 0.437 e. The van der Waals surface area contributed by atoms with E-state index in [0.717, 1.165) is 10.2 Å². The van der Waals surface area contributed by atoms with Crippen molar-refractivity contribution in [3.63, 3.8) is 0 Å². The predicted octanol–water partition coefficient (Wildman–Crippen LogP) is 2.53. The lowest BCUT2D eigenvalue weighted by Gasteiger charge is -2.07. The Hall–Kier alpha value is -3.01. The van der Waals surface area contributed by atoms with Crippen molar-refractivity contribution in [2.45, 2.75) is 19.6 Å². The van der Waals surface area contributed by atoms with Crippen LogP contribution in [-0.2, 0) is 17.8 Å². The molecular formula is C17H15F2N3O4S. The molecule has 2 aromatic heterocycles. The standard InChI is InChI=1S/C17H15F2N3O4S/c18-16(19)25-12-5-3-11(4-6-12)7-8-20-14(23)10-22-17(24)26-15(21-22)13-2-1-9-27-13/h1-6,9,16H,7-8,10H2,(H,20,23). The fourth-order valence-electron chi connectivity index (χ4n) is 2.28. The molecule has 0 bridgehead atoms. The van der Waals surface area contributed by atoms with Crippen molar-refractivity contribution in [3.8, 4) is 16.5 Å². The van der Waals surface area contributed by atoms with E-state index in [1.54, 1.807) is 24.3 Å². The van der Waals surface area contributed by atoms with E-state index in [0.29, 0.717) is 17.8 Å². The van der Waals surface area contributed by atoms with Gasteiger partial charge in [-0.1, -0.05) is 18.2 Å². The summed E-state index contributed by atoms with van der Waals surface area (Å²) in [6, 6.07) is 9.71. The SMILES string of the molecule is O=C(Cn1nc(-c2cccs2)oc1=O)NCCc1ccc(OC(F)F)cc1. The van der Waals surface area contributed by atoms with Crippen LogP contribution in [0.4, 0.5) is 8.78 Å². The fraction of sp³-hybridized carbons (Fsp3) is 0.235. The lowest BCUT2D eigenvalue weighted by Crippen LogP contribution is -2.32. The van der Waals surface area contributed by atoms with Crippen LogP contribution >= 0.6 is 11.3 Å². The highest BCUT2D eigenvalue weighted by molar-refractivity contribution is 7.13. The molecule has 0 fully saturated rings. The first-order chi connectivity index (χ1) is 13.0. The molecule has 3 aromatic rings. The second-order valence-electron chi connectivity index (χ2n) is 5.43. The molecule has 142 valence electrons. The number of nitrogens with zero attached hydrogens (tertiary/aromatic N) is 2. The second-order valence-corrected chi connectivity index (χ2v) is 6.38. The molecule has 1 amide bonds. The molecule has 0 radical (unpaired) electrons. The molecule has 7 nitrogen and oxygen atoms in total. The molecule has 3 rings (SSSR count). The number of rotatable bonds is 8. The maximum Gasteiger partial charge on any atom is 0.437 e. The molecule has 2 heterocycles. The Morgan fingerprint density at radius 3 is 2.74 bits per heavy atom. The number of hydrogen-bond acceptors (Lipinski definition) is 6. The maximum atomic E-state index is 12.1. The van der Waals surface area contributed by atoms with Gasteiger partial charge in [0.05, 0.1) is 4.88 Å². The van der Waals surface area contributed by atoms with E-state index in [4.69, 9.17) is 4.42 Å². The molecule has 0 unspecified atom stereocenters. The van der Waals surface area contributed by atoms with Gasteiger partial charge in [0.25, 0.3) is 5.89 Å². The van der Waals surface area contributed by atoms with Gasteiger partial charge in [0.1, 0.15) is 12.3 Å². The summed E-state index contributed by atoms with van der Waals surface area (Å²) in [7, 11) is 0. The van der Waals surface area contributed by atoms with Gasteiger partial charge in [-0.15, -0.1) is 16.4 Å². The summed E-state index contributed by atoms with van der Waals surface area (Å²) in [5, 5.41) is 8.50. The van der Waals surface area contributed by atoms with E-state index in [2.05, 4.69) is 15.2 Å². The topological polar surface area (TPSA) is 86.4 Å². The molecule has 0 spiro atoms. The van der Waals surface area contributed by atoms with Crippen molar-refractivity contribution in [1.29, 1.82) is 0 Å². The van der Waals surface area contributed by atoms with Crippen LogP contribution in [0.25, 0.3) is 10.8 Å². The third-order valence-corrected chi connectivity index (χ3v) is 4.37. The van der Waals surface area contributed by atoms with Crippen LogP contribution in [0.2, 0.25) is 0 Å². The summed E-state index contributed by atoms with van der Waals surface area (Å²) < 4.78 is 34.5. The number of aromatic nitrogens is 2. The smallest absolute Gasteiger partial charge is 0.435 e. The van der Waals surface area contributed by atoms with Gasteiger partial charge in [0.15, 0.2) is 0 Å². The van der Waals surface area contributed by atoms with Gasteiger partial charge in [0.2, 0.25) is 5.91 Å². The van der Waals surface area contributed by atoms with Gasteiger partial charge in [-0.05, 0) is 35.6 Å². The van der Waals surface area contributed by atoms with Crippen molar-refractivity contribution in [2.75, 3.05) is 6.54 Å². The van der Waals surface area contributed by atoms with Crippen molar-refractivity contribution < 1.29 is 22.7 Å². The number of hydrogen-bond donors (Lipinski definition) is 1. The Morgan fingerprint density at radius 2 is 2.07 bits per heavy atom. The number of carbonyl (C=O) groups is 1. The molecule has 27 heavy (non-hydrogen) atoms. The number of nitrogens with one attached hydrogen (secondary N) is 1. The average Bonchev–Trinajstić information content (AvgIpc) is 3.26.